The van der Waals surface area contributed by atoms with Crippen LogP contribution in [0.4, 0.5) is 0 Å². The van der Waals surface area contributed by atoms with Gasteiger partial charge in [0.15, 0.2) is 0 Å². The van der Waals surface area contributed by atoms with Crippen LogP contribution in [0.3, 0.4) is 0 Å². The average Bonchev–Trinajstić information content (AvgIpc) is 2.50. The van der Waals surface area contributed by atoms with E-state index < -0.39 is 5.97 Å². The highest BCUT2D eigenvalue weighted by Crippen LogP contribution is 2.01. The van der Waals surface area contributed by atoms with Gasteiger partial charge in [0.2, 0.25) is 0 Å². The van der Waals surface area contributed by atoms with Gasteiger partial charge in [-0.1, -0.05) is 68.4 Å². The number of hydrogen-bond donors (Lipinski definition) is 1. The Morgan fingerprint density at radius 2 is 1.18 bits per heavy atom. The maximum absolute atomic E-state index is 10.3. The van der Waals surface area contributed by atoms with E-state index in [1.54, 1.807) is 0 Å². The van der Waals surface area contributed by atoms with Crippen LogP contribution in [0.15, 0.2) is 48.6 Å². The summed E-state index contributed by atoms with van der Waals surface area (Å²) in [5.41, 5.74) is 0. The first kappa shape index (κ1) is 20.4. The molecule has 0 atom stereocenters. The van der Waals surface area contributed by atoms with Crippen LogP contribution in [-0.4, -0.2) is 11.1 Å². The zero-order valence-corrected chi connectivity index (χ0v) is 14.0. The zero-order chi connectivity index (χ0) is 16.3. The number of carboxylic acids is 1. The highest BCUT2D eigenvalue weighted by atomic mass is 16.5. The molecule has 1 N–H and O–H groups in total. The van der Waals surface area contributed by atoms with E-state index in [4.69, 9.17) is 5.11 Å². The van der Waals surface area contributed by atoms with Crippen LogP contribution >= 0.6 is 0 Å². The van der Waals surface area contributed by atoms with Crippen LogP contribution in [0.5, 0.6) is 0 Å². The molecule has 22 heavy (non-hydrogen) atoms. The summed E-state index contributed by atoms with van der Waals surface area (Å²) in [5, 5.41) is 8.49. The second-order valence-corrected chi connectivity index (χ2v) is 5.37. The minimum atomic E-state index is -0.712. The molecule has 0 aliphatic heterocycles. The summed E-state index contributed by atoms with van der Waals surface area (Å²) in [6, 6.07) is 0. The molecule has 2 nitrogen and oxygen atoms in total. The molecule has 0 heterocycles. The average molecular weight is 308 g/mol. The molecule has 2 heteroatoms. The summed E-state index contributed by atoms with van der Waals surface area (Å²) in [7, 11) is 0. The molecule has 0 saturated carbocycles. The van der Waals surface area contributed by atoms with Gasteiger partial charge in [0.05, 0.1) is 0 Å². The number of unbranched alkanes of at least 4 members (excludes halogenated alkanes) is 4. The molecule has 0 rings (SSSR count). The SMILES string of the molecule is CCCCC/C=C\C/C=C\C/C=C\C/C=C\[13CH2][13CH2][13CH2][13C](=O)O. The number of carbonyl (C=O) groups is 1. The van der Waals surface area contributed by atoms with E-state index >= 15 is 0 Å². The molecule has 0 spiro atoms. The number of rotatable bonds is 14. The Morgan fingerprint density at radius 1 is 0.727 bits per heavy atom. The first-order valence-electron chi connectivity index (χ1n) is 8.59. The second-order valence-electron chi connectivity index (χ2n) is 5.37. The predicted octanol–water partition coefficient (Wildman–Crippen LogP) is 6.22. The minimum Gasteiger partial charge on any atom is -0.481 e. The van der Waals surface area contributed by atoms with Crippen molar-refractivity contribution in [2.45, 2.75) is 71.1 Å². The number of hydrogen-bond acceptors (Lipinski definition) is 1. The summed E-state index contributed by atoms with van der Waals surface area (Å²) >= 11 is 0. The Morgan fingerprint density at radius 3 is 1.64 bits per heavy atom. The Kier molecular flexibility index (Phi) is 16.2. The largest absolute Gasteiger partial charge is 0.481 e. The monoisotopic (exact) mass is 308 g/mol. The summed E-state index contributed by atoms with van der Waals surface area (Å²) in [6.45, 7) is 2.23. The van der Waals surface area contributed by atoms with Gasteiger partial charge in [-0.3, -0.25) is 4.79 Å². The first-order valence-corrected chi connectivity index (χ1v) is 8.59. The van der Waals surface area contributed by atoms with Gasteiger partial charge in [-0.15, -0.1) is 0 Å². The van der Waals surface area contributed by atoms with Gasteiger partial charge < -0.3 is 5.11 Å². The van der Waals surface area contributed by atoms with Crippen LogP contribution in [0.25, 0.3) is 0 Å². The normalized spacial score (nSPS) is 12.4. The molecule has 0 radical (unpaired) electrons. The first-order chi connectivity index (χ1) is 10.8. The fourth-order valence-corrected chi connectivity index (χ4v) is 1.93. The van der Waals surface area contributed by atoms with Gasteiger partial charge in [-0.2, -0.15) is 0 Å². The quantitative estimate of drug-likeness (QED) is 0.235. The fourth-order valence-electron chi connectivity index (χ4n) is 1.93. The van der Waals surface area contributed by atoms with Crippen molar-refractivity contribution in [3.05, 3.63) is 48.6 Å². The Balaban J connectivity index is 3.40. The van der Waals surface area contributed by atoms with E-state index in [0.29, 0.717) is 0 Å². The fraction of sp³-hybridized carbons (Fsp3) is 0.550. The van der Waals surface area contributed by atoms with Crippen LogP contribution in [0.1, 0.15) is 71.1 Å². The van der Waals surface area contributed by atoms with Crippen molar-refractivity contribution >= 4 is 5.97 Å². The summed E-state index contributed by atoms with van der Waals surface area (Å²) in [4.78, 5) is 10.3. The molecule has 0 amide bonds. The third-order valence-electron chi connectivity index (χ3n) is 3.22. The smallest absolute Gasteiger partial charge is 0.303 e. The van der Waals surface area contributed by atoms with Crippen LogP contribution in [0.2, 0.25) is 0 Å². The van der Waals surface area contributed by atoms with E-state index in [1.807, 2.05) is 0 Å². The highest BCUT2D eigenvalue weighted by molar-refractivity contribution is 5.66. The molecular weight excluding hydrogens is 276 g/mol. The van der Waals surface area contributed by atoms with E-state index in [1.165, 1.54) is 25.7 Å². The Hall–Kier alpha value is -1.57. The molecule has 0 aromatic rings. The lowest BCUT2D eigenvalue weighted by Crippen LogP contribution is -1.92. The van der Waals surface area contributed by atoms with Crippen molar-refractivity contribution in [3.63, 3.8) is 0 Å². The molecule has 0 aliphatic rings. The third-order valence-corrected chi connectivity index (χ3v) is 3.22. The maximum Gasteiger partial charge on any atom is 0.303 e. The number of allylic oxidation sites excluding steroid dienone is 8. The molecule has 0 bridgehead atoms. The standard InChI is InChI=1S/C20H32O2/c1-2-3-4-5-6-7-8-9-10-11-12-13-14-15-16-17-18-19-20(21)22/h6-7,9-10,12-13,15-16H,2-5,8,11,14,17-19H2,1H3,(H,21,22)/b7-6-,10-9-,13-12-,16-15-/i17+1,18+1,19+1,20+1. The maximum atomic E-state index is 10.3. The molecule has 0 aromatic heterocycles. The van der Waals surface area contributed by atoms with E-state index in [9.17, 15) is 4.79 Å². The number of carboxylic acid groups (broad SMARTS) is 1. The minimum absolute atomic E-state index is 0.262. The van der Waals surface area contributed by atoms with E-state index in [-0.39, 0.29) is 6.42 Å². The lowest BCUT2D eigenvalue weighted by Gasteiger charge is -1.90. The van der Waals surface area contributed by atoms with Gasteiger partial charge in [0.1, 0.15) is 0 Å². The van der Waals surface area contributed by atoms with Crippen molar-refractivity contribution in [2.75, 3.05) is 0 Å². The Bertz CT molecular complexity index is 362. The molecule has 0 aliphatic carbocycles. The van der Waals surface area contributed by atoms with E-state index in [0.717, 1.165) is 32.1 Å². The van der Waals surface area contributed by atoms with Crippen molar-refractivity contribution in [1.82, 2.24) is 0 Å². The van der Waals surface area contributed by atoms with Crippen LogP contribution in [0, 0.1) is 0 Å². The highest BCUT2D eigenvalue weighted by Gasteiger charge is 1.92. The van der Waals surface area contributed by atoms with Crippen LogP contribution in [-0.2, 0) is 4.79 Å². The van der Waals surface area contributed by atoms with Crippen molar-refractivity contribution in [2.24, 2.45) is 0 Å². The second kappa shape index (κ2) is 17.5. The van der Waals surface area contributed by atoms with Crippen molar-refractivity contribution in [3.8, 4) is 0 Å². The molecule has 0 saturated heterocycles. The van der Waals surface area contributed by atoms with Crippen molar-refractivity contribution in [1.29, 1.82) is 0 Å². The van der Waals surface area contributed by atoms with Gasteiger partial charge in [-0.25, -0.2) is 0 Å². The van der Waals surface area contributed by atoms with Crippen molar-refractivity contribution < 1.29 is 9.90 Å². The van der Waals surface area contributed by atoms with Gasteiger partial charge in [0.25, 0.3) is 0 Å². The van der Waals surface area contributed by atoms with Gasteiger partial charge >= 0.3 is 5.97 Å². The molecular formula is C20H32O2. The molecule has 124 valence electrons. The predicted molar refractivity (Wildman–Crippen MR) is 96.0 cm³/mol. The third kappa shape index (κ3) is 18.4. The van der Waals surface area contributed by atoms with Gasteiger partial charge in [-0.05, 0) is 44.9 Å². The summed E-state index contributed by atoms with van der Waals surface area (Å²) in [6.07, 6.45) is 27.3. The summed E-state index contributed by atoms with van der Waals surface area (Å²) in [5.74, 6) is -0.712. The number of aliphatic carboxylic acids is 1. The lowest BCUT2D eigenvalue weighted by atomic mass is 10.2. The zero-order valence-electron chi connectivity index (χ0n) is 14.0. The molecule has 0 aromatic carbocycles. The van der Waals surface area contributed by atoms with Crippen LogP contribution < -0.4 is 0 Å². The van der Waals surface area contributed by atoms with Gasteiger partial charge in [0, 0.05) is 6.42 Å². The van der Waals surface area contributed by atoms with E-state index in [2.05, 4.69) is 55.5 Å². The topological polar surface area (TPSA) is 37.3 Å². The molecule has 0 fully saturated rings. The molecule has 0 unspecified atom stereocenters. The lowest BCUT2D eigenvalue weighted by molar-refractivity contribution is -0.137. The Labute approximate surface area is 136 Å². The summed E-state index contributed by atoms with van der Waals surface area (Å²) < 4.78 is 0.